The summed E-state index contributed by atoms with van der Waals surface area (Å²) in [7, 11) is 0. The largest absolute Gasteiger partial charge is 0.358 e. The molecule has 1 aromatic heterocycles. The highest BCUT2D eigenvalue weighted by molar-refractivity contribution is 5.97. The van der Waals surface area contributed by atoms with Crippen molar-refractivity contribution in [2.45, 2.75) is 82.7 Å². The molecule has 2 aliphatic heterocycles. The SMILES string of the molecule is CC1(C)OC23CCC4(C)C(CCC5Cc6c([nH]c7ccccc67)C54C)C2=CC(=O)C1O3. The molecule has 2 aromatic rings. The second kappa shape index (κ2) is 5.35. The number of carbonyl (C=O) groups excluding carboxylic acids is 1. The molecule has 2 saturated carbocycles. The first-order chi connectivity index (χ1) is 14.7. The molecule has 7 rings (SSSR count). The maximum absolute atomic E-state index is 13.0. The van der Waals surface area contributed by atoms with Gasteiger partial charge in [0.05, 0.1) is 0 Å². The average molecular weight is 418 g/mol. The van der Waals surface area contributed by atoms with Gasteiger partial charge in [0.1, 0.15) is 5.60 Å². The van der Waals surface area contributed by atoms with Gasteiger partial charge in [-0.3, -0.25) is 4.79 Å². The summed E-state index contributed by atoms with van der Waals surface area (Å²) in [5, 5.41) is 1.39. The van der Waals surface area contributed by atoms with Gasteiger partial charge >= 0.3 is 0 Å². The van der Waals surface area contributed by atoms with Crippen molar-refractivity contribution < 1.29 is 14.3 Å². The molecule has 5 aliphatic rings. The van der Waals surface area contributed by atoms with Crippen molar-refractivity contribution in [1.82, 2.24) is 4.98 Å². The van der Waals surface area contributed by atoms with Crippen LogP contribution in [0.25, 0.3) is 10.9 Å². The van der Waals surface area contributed by atoms with Gasteiger partial charge in [-0.05, 0) is 80.1 Å². The molecule has 3 aliphatic carbocycles. The Morgan fingerprint density at radius 2 is 1.87 bits per heavy atom. The topological polar surface area (TPSA) is 51.3 Å². The number of hydrogen-bond acceptors (Lipinski definition) is 3. The van der Waals surface area contributed by atoms with Gasteiger partial charge in [-0.1, -0.05) is 32.0 Å². The summed E-state index contributed by atoms with van der Waals surface area (Å²) in [6.45, 7) is 8.98. The van der Waals surface area contributed by atoms with Crippen LogP contribution in [-0.4, -0.2) is 28.3 Å². The highest BCUT2D eigenvalue weighted by Crippen LogP contribution is 2.70. The number of fused-ring (bicyclic) bond motifs is 9. The molecule has 6 unspecified atom stereocenters. The van der Waals surface area contributed by atoms with E-state index in [0.29, 0.717) is 11.8 Å². The van der Waals surface area contributed by atoms with Gasteiger partial charge < -0.3 is 14.5 Å². The third kappa shape index (κ3) is 1.95. The Balaban J connectivity index is 1.39. The van der Waals surface area contributed by atoms with Crippen molar-refractivity contribution in [2.75, 3.05) is 0 Å². The molecule has 3 heterocycles. The number of H-pyrrole nitrogens is 1. The van der Waals surface area contributed by atoms with Gasteiger partial charge in [0.25, 0.3) is 0 Å². The summed E-state index contributed by atoms with van der Waals surface area (Å²) in [4.78, 5) is 16.9. The Hall–Kier alpha value is -1.91. The number of hydrogen-bond donors (Lipinski definition) is 1. The van der Waals surface area contributed by atoms with Gasteiger partial charge in [-0.25, -0.2) is 0 Å². The minimum Gasteiger partial charge on any atom is -0.358 e. The van der Waals surface area contributed by atoms with Crippen molar-refractivity contribution in [3.05, 3.63) is 47.2 Å². The van der Waals surface area contributed by atoms with Crippen LogP contribution in [0.5, 0.6) is 0 Å². The van der Waals surface area contributed by atoms with Crippen LogP contribution < -0.4 is 0 Å². The molecule has 1 saturated heterocycles. The standard InChI is InChI=1S/C27H31NO3/c1-24(2)23-21(29)14-19-18-10-9-15-13-17-16-7-5-6-8-20(16)28-22(17)26(15,4)25(18,3)11-12-27(19,30-23)31-24/h5-8,14-15,18,23,28H,9-13H2,1-4H3. The first kappa shape index (κ1) is 18.6. The monoisotopic (exact) mass is 417 g/mol. The molecule has 2 bridgehead atoms. The zero-order valence-electron chi connectivity index (χ0n) is 18.9. The number of nitrogens with one attached hydrogen (secondary N) is 1. The normalized spacial score (nSPS) is 44.5. The Morgan fingerprint density at radius 1 is 1.06 bits per heavy atom. The molecule has 1 spiro atoms. The molecule has 0 radical (unpaired) electrons. The van der Waals surface area contributed by atoms with E-state index >= 15 is 0 Å². The fraction of sp³-hybridized carbons (Fsp3) is 0.593. The molecular formula is C27H31NO3. The van der Waals surface area contributed by atoms with Gasteiger partial charge in [0, 0.05) is 28.4 Å². The van der Waals surface area contributed by atoms with Crippen LogP contribution >= 0.6 is 0 Å². The zero-order chi connectivity index (χ0) is 21.4. The summed E-state index contributed by atoms with van der Waals surface area (Å²) in [5.74, 6) is 0.335. The highest BCUT2D eigenvalue weighted by Gasteiger charge is 2.69. The maximum Gasteiger partial charge on any atom is 0.193 e. The lowest BCUT2D eigenvalue weighted by molar-refractivity contribution is -0.205. The molecule has 1 N–H and O–H groups in total. The van der Waals surface area contributed by atoms with Crippen molar-refractivity contribution in [3.8, 4) is 0 Å². The fourth-order valence-corrected chi connectivity index (χ4v) is 8.38. The minimum absolute atomic E-state index is 0.0563. The first-order valence-corrected chi connectivity index (χ1v) is 11.9. The van der Waals surface area contributed by atoms with E-state index in [1.54, 1.807) is 0 Å². The molecule has 162 valence electrons. The number of aromatic amines is 1. The van der Waals surface area contributed by atoms with Gasteiger partial charge in [-0.2, -0.15) is 0 Å². The summed E-state index contributed by atoms with van der Waals surface area (Å²) in [6.07, 6.45) is 6.78. The number of ether oxygens (including phenoxy) is 2. The third-order valence-corrected chi connectivity index (χ3v) is 10.1. The van der Waals surface area contributed by atoms with E-state index in [2.05, 4.69) is 43.1 Å². The number of aromatic nitrogens is 1. The molecule has 3 fully saturated rings. The van der Waals surface area contributed by atoms with Gasteiger partial charge in [0.15, 0.2) is 17.7 Å². The van der Waals surface area contributed by atoms with Crippen molar-refractivity contribution in [2.24, 2.45) is 17.3 Å². The second-order valence-electron chi connectivity index (χ2n) is 11.6. The first-order valence-electron chi connectivity index (χ1n) is 11.9. The lowest BCUT2D eigenvalue weighted by Gasteiger charge is -2.61. The van der Waals surface area contributed by atoms with E-state index in [1.807, 2.05) is 19.9 Å². The molecule has 4 nitrogen and oxygen atoms in total. The molecule has 4 heteroatoms. The number of benzene rings is 1. The summed E-state index contributed by atoms with van der Waals surface area (Å²) < 4.78 is 13.0. The Labute approximate surface area is 183 Å². The van der Waals surface area contributed by atoms with Gasteiger partial charge in [-0.15, -0.1) is 0 Å². The summed E-state index contributed by atoms with van der Waals surface area (Å²) in [6, 6.07) is 8.75. The van der Waals surface area contributed by atoms with Crippen LogP contribution in [0.2, 0.25) is 0 Å². The van der Waals surface area contributed by atoms with E-state index in [4.69, 9.17) is 9.47 Å². The molecular weight excluding hydrogens is 386 g/mol. The van der Waals surface area contributed by atoms with Crippen molar-refractivity contribution >= 4 is 16.7 Å². The predicted molar refractivity (Wildman–Crippen MR) is 119 cm³/mol. The summed E-state index contributed by atoms with van der Waals surface area (Å²) in [5.41, 5.74) is 4.89. The van der Waals surface area contributed by atoms with Crippen molar-refractivity contribution in [1.29, 1.82) is 0 Å². The van der Waals surface area contributed by atoms with E-state index in [9.17, 15) is 4.79 Å². The van der Waals surface area contributed by atoms with Crippen molar-refractivity contribution in [3.63, 3.8) is 0 Å². The minimum atomic E-state index is -0.697. The van der Waals surface area contributed by atoms with Crippen LogP contribution in [0.3, 0.4) is 0 Å². The number of carbonyl (C=O) groups is 1. The Morgan fingerprint density at radius 3 is 2.71 bits per heavy atom. The molecule has 1 aromatic carbocycles. The van der Waals surface area contributed by atoms with E-state index in [1.165, 1.54) is 28.6 Å². The van der Waals surface area contributed by atoms with E-state index in [0.717, 1.165) is 31.3 Å². The number of rotatable bonds is 0. The smallest absolute Gasteiger partial charge is 0.193 e. The lowest BCUT2D eigenvalue weighted by atomic mass is 9.44. The van der Waals surface area contributed by atoms with Crippen LogP contribution in [0, 0.1) is 17.3 Å². The quantitative estimate of drug-likeness (QED) is 0.640. The highest BCUT2D eigenvalue weighted by atomic mass is 16.8. The van der Waals surface area contributed by atoms with E-state index < -0.39 is 17.5 Å². The third-order valence-electron chi connectivity index (χ3n) is 10.1. The summed E-state index contributed by atoms with van der Waals surface area (Å²) >= 11 is 0. The Kier molecular flexibility index (Phi) is 3.22. The van der Waals surface area contributed by atoms with Gasteiger partial charge in [0.2, 0.25) is 0 Å². The lowest BCUT2D eigenvalue weighted by Crippen LogP contribution is -2.60. The van der Waals surface area contributed by atoms with E-state index in [-0.39, 0.29) is 16.6 Å². The predicted octanol–water partition coefficient (Wildman–Crippen LogP) is 5.21. The second-order valence-corrected chi connectivity index (χ2v) is 11.6. The molecule has 31 heavy (non-hydrogen) atoms. The fourth-order valence-electron chi connectivity index (χ4n) is 8.38. The average Bonchev–Trinajstić information content (AvgIpc) is 3.31. The van der Waals surface area contributed by atoms with Crippen LogP contribution in [0.1, 0.15) is 64.6 Å². The molecule has 0 amide bonds. The van der Waals surface area contributed by atoms with Crippen LogP contribution in [0.15, 0.2) is 35.9 Å². The zero-order valence-corrected chi connectivity index (χ0v) is 18.9. The van der Waals surface area contributed by atoms with Crippen LogP contribution in [0.4, 0.5) is 0 Å². The number of para-hydroxylation sites is 1. The molecule has 6 atom stereocenters. The maximum atomic E-state index is 13.0. The Bertz CT molecular complexity index is 1190. The number of ketones is 1. The van der Waals surface area contributed by atoms with Crippen LogP contribution in [-0.2, 0) is 26.1 Å².